The van der Waals surface area contributed by atoms with Gasteiger partial charge in [-0.25, -0.2) is 0 Å². The first kappa shape index (κ1) is 16.3. The van der Waals surface area contributed by atoms with Gasteiger partial charge in [0.2, 0.25) is 0 Å². The van der Waals surface area contributed by atoms with Crippen LogP contribution in [-0.4, -0.2) is 37.1 Å². The van der Waals surface area contributed by atoms with E-state index < -0.39 is 0 Å². The van der Waals surface area contributed by atoms with Crippen molar-refractivity contribution in [1.29, 1.82) is 0 Å². The molecule has 2 heteroatoms. The SMILES string of the molecule is CCC1CCC(N(C)CCNC2CCCC(C)C2)CC1. The van der Waals surface area contributed by atoms with E-state index in [1.54, 1.807) is 0 Å². The van der Waals surface area contributed by atoms with Crippen LogP contribution < -0.4 is 5.32 Å². The quantitative estimate of drug-likeness (QED) is 0.789. The zero-order valence-electron chi connectivity index (χ0n) is 14.0. The van der Waals surface area contributed by atoms with Gasteiger partial charge in [0.1, 0.15) is 0 Å². The van der Waals surface area contributed by atoms with E-state index in [0.717, 1.165) is 23.9 Å². The summed E-state index contributed by atoms with van der Waals surface area (Å²) in [5.74, 6) is 1.95. The van der Waals surface area contributed by atoms with Crippen LogP contribution in [0.3, 0.4) is 0 Å². The van der Waals surface area contributed by atoms with E-state index in [1.807, 2.05) is 0 Å². The third-order valence-corrected chi connectivity index (χ3v) is 5.85. The standard InChI is InChI=1S/C18H36N2/c1-4-16-8-10-18(11-9-16)20(3)13-12-19-17-7-5-6-15(2)14-17/h15-19H,4-14H2,1-3H3. The maximum atomic E-state index is 3.80. The predicted octanol–water partition coefficient (Wildman–Crippen LogP) is 4.06. The Bertz CT molecular complexity index is 258. The van der Waals surface area contributed by atoms with Crippen LogP contribution in [0.1, 0.15) is 71.6 Å². The van der Waals surface area contributed by atoms with E-state index >= 15 is 0 Å². The van der Waals surface area contributed by atoms with Gasteiger partial charge in [-0.3, -0.25) is 0 Å². The Labute approximate surface area is 126 Å². The molecule has 2 unspecified atom stereocenters. The summed E-state index contributed by atoms with van der Waals surface area (Å²) in [6.07, 6.45) is 12.8. The Hall–Kier alpha value is -0.0800. The lowest BCUT2D eigenvalue weighted by molar-refractivity contribution is 0.161. The molecule has 2 saturated carbocycles. The largest absolute Gasteiger partial charge is 0.313 e. The van der Waals surface area contributed by atoms with Gasteiger partial charge in [-0.15, -0.1) is 0 Å². The minimum absolute atomic E-state index is 0.794. The molecule has 0 spiro atoms. The van der Waals surface area contributed by atoms with Crippen molar-refractivity contribution in [3.63, 3.8) is 0 Å². The molecule has 1 N–H and O–H groups in total. The third-order valence-electron chi connectivity index (χ3n) is 5.85. The van der Waals surface area contributed by atoms with Crippen LogP contribution in [0.15, 0.2) is 0 Å². The lowest BCUT2D eigenvalue weighted by Crippen LogP contribution is -2.42. The number of nitrogens with one attached hydrogen (secondary N) is 1. The van der Waals surface area contributed by atoms with Gasteiger partial charge in [0.05, 0.1) is 0 Å². The van der Waals surface area contributed by atoms with E-state index in [0.29, 0.717) is 0 Å². The molecule has 0 heterocycles. The van der Waals surface area contributed by atoms with E-state index in [1.165, 1.54) is 70.9 Å². The second-order valence-corrected chi connectivity index (χ2v) is 7.49. The van der Waals surface area contributed by atoms with Crippen molar-refractivity contribution in [2.24, 2.45) is 11.8 Å². The number of hydrogen-bond acceptors (Lipinski definition) is 2. The average Bonchev–Trinajstić information content (AvgIpc) is 2.47. The smallest absolute Gasteiger partial charge is 0.0107 e. The Morgan fingerprint density at radius 1 is 1.05 bits per heavy atom. The lowest BCUT2D eigenvalue weighted by atomic mass is 9.84. The van der Waals surface area contributed by atoms with Crippen molar-refractivity contribution in [2.75, 3.05) is 20.1 Å². The number of likely N-dealkylation sites (N-methyl/N-ethyl adjacent to an activating group) is 1. The first-order chi connectivity index (χ1) is 9.69. The van der Waals surface area contributed by atoms with Gasteiger partial charge in [0, 0.05) is 25.2 Å². The van der Waals surface area contributed by atoms with Gasteiger partial charge in [-0.05, 0) is 57.4 Å². The van der Waals surface area contributed by atoms with Crippen LogP contribution in [0.2, 0.25) is 0 Å². The number of rotatable bonds is 6. The molecule has 0 aromatic heterocycles. The van der Waals surface area contributed by atoms with E-state index in [4.69, 9.17) is 0 Å². The molecule has 2 rings (SSSR count). The molecule has 0 aliphatic heterocycles. The van der Waals surface area contributed by atoms with Crippen LogP contribution in [0.5, 0.6) is 0 Å². The minimum Gasteiger partial charge on any atom is -0.313 e. The summed E-state index contributed by atoms with van der Waals surface area (Å²) in [6.45, 7) is 7.17. The van der Waals surface area contributed by atoms with Crippen LogP contribution in [0.25, 0.3) is 0 Å². The zero-order valence-corrected chi connectivity index (χ0v) is 14.0. The van der Waals surface area contributed by atoms with Gasteiger partial charge < -0.3 is 10.2 Å². The number of hydrogen-bond donors (Lipinski definition) is 1. The summed E-state index contributed by atoms with van der Waals surface area (Å²) < 4.78 is 0. The molecule has 2 atom stereocenters. The molecule has 0 aromatic carbocycles. The van der Waals surface area contributed by atoms with Crippen molar-refractivity contribution in [3.05, 3.63) is 0 Å². The molecule has 0 aromatic rings. The molecule has 0 saturated heterocycles. The monoisotopic (exact) mass is 280 g/mol. The zero-order chi connectivity index (χ0) is 14.4. The molecule has 0 bridgehead atoms. The molecule has 2 fully saturated rings. The van der Waals surface area contributed by atoms with Crippen LogP contribution in [-0.2, 0) is 0 Å². The van der Waals surface area contributed by atoms with E-state index in [-0.39, 0.29) is 0 Å². The Kier molecular flexibility index (Phi) is 6.83. The van der Waals surface area contributed by atoms with E-state index in [9.17, 15) is 0 Å². The van der Waals surface area contributed by atoms with Gasteiger partial charge in [0.25, 0.3) is 0 Å². The molecule has 118 valence electrons. The highest BCUT2D eigenvalue weighted by atomic mass is 15.1. The summed E-state index contributed by atoms with van der Waals surface area (Å²) in [5.41, 5.74) is 0. The molecule has 2 aliphatic carbocycles. The topological polar surface area (TPSA) is 15.3 Å². The molecule has 0 radical (unpaired) electrons. The van der Waals surface area contributed by atoms with Crippen LogP contribution in [0.4, 0.5) is 0 Å². The second kappa shape index (κ2) is 8.38. The average molecular weight is 281 g/mol. The highest BCUT2D eigenvalue weighted by molar-refractivity contribution is 4.79. The maximum absolute atomic E-state index is 3.80. The Balaban J connectivity index is 1.59. The first-order valence-corrected chi connectivity index (χ1v) is 9.12. The molecular formula is C18H36N2. The summed E-state index contributed by atoms with van der Waals surface area (Å²) in [4.78, 5) is 2.62. The summed E-state index contributed by atoms with van der Waals surface area (Å²) in [5, 5.41) is 3.80. The highest BCUT2D eigenvalue weighted by Crippen LogP contribution is 2.28. The summed E-state index contributed by atoms with van der Waals surface area (Å²) >= 11 is 0. The van der Waals surface area contributed by atoms with Crippen molar-refractivity contribution in [3.8, 4) is 0 Å². The van der Waals surface area contributed by atoms with Gasteiger partial charge >= 0.3 is 0 Å². The van der Waals surface area contributed by atoms with Crippen molar-refractivity contribution >= 4 is 0 Å². The van der Waals surface area contributed by atoms with Crippen molar-refractivity contribution in [1.82, 2.24) is 10.2 Å². The second-order valence-electron chi connectivity index (χ2n) is 7.49. The lowest BCUT2D eigenvalue weighted by Gasteiger charge is -2.35. The van der Waals surface area contributed by atoms with Crippen molar-refractivity contribution in [2.45, 2.75) is 83.7 Å². The van der Waals surface area contributed by atoms with Crippen molar-refractivity contribution < 1.29 is 0 Å². The minimum atomic E-state index is 0.794. The number of nitrogens with zero attached hydrogens (tertiary/aromatic N) is 1. The maximum Gasteiger partial charge on any atom is 0.0107 e. The normalized spacial score (nSPS) is 35.4. The van der Waals surface area contributed by atoms with E-state index in [2.05, 4.69) is 31.1 Å². The molecule has 2 nitrogen and oxygen atoms in total. The summed E-state index contributed by atoms with van der Waals surface area (Å²) in [7, 11) is 2.34. The van der Waals surface area contributed by atoms with Gasteiger partial charge in [-0.1, -0.05) is 33.1 Å². The molecular weight excluding hydrogens is 244 g/mol. The predicted molar refractivity (Wildman–Crippen MR) is 88.1 cm³/mol. The molecule has 0 amide bonds. The van der Waals surface area contributed by atoms with Gasteiger partial charge in [-0.2, -0.15) is 0 Å². The first-order valence-electron chi connectivity index (χ1n) is 9.12. The Morgan fingerprint density at radius 3 is 2.45 bits per heavy atom. The highest BCUT2D eigenvalue weighted by Gasteiger charge is 2.23. The fourth-order valence-electron chi connectivity index (χ4n) is 4.24. The molecule has 20 heavy (non-hydrogen) atoms. The van der Waals surface area contributed by atoms with Crippen LogP contribution >= 0.6 is 0 Å². The fraction of sp³-hybridized carbons (Fsp3) is 1.00. The molecule has 2 aliphatic rings. The third kappa shape index (κ3) is 5.04. The van der Waals surface area contributed by atoms with Crippen LogP contribution in [0, 0.1) is 11.8 Å². The Morgan fingerprint density at radius 2 is 1.80 bits per heavy atom. The van der Waals surface area contributed by atoms with Gasteiger partial charge in [0.15, 0.2) is 0 Å². The summed E-state index contributed by atoms with van der Waals surface area (Å²) in [6, 6.07) is 1.65. The fourth-order valence-corrected chi connectivity index (χ4v) is 4.24.